The number of hydrogen-bond acceptors (Lipinski definition) is 0. The van der Waals surface area contributed by atoms with Crippen molar-refractivity contribution >= 4 is 0 Å². The van der Waals surface area contributed by atoms with Crippen molar-refractivity contribution in [2.75, 3.05) is 0 Å². The molecule has 0 aromatic rings. The quantitative estimate of drug-likeness (QED) is 0.461. The minimum Gasteiger partial charge on any atom is -0.0879 e. The third-order valence-corrected chi connectivity index (χ3v) is 3.74. The van der Waals surface area contributed by atoms with E-state index in [1.165, 1.54) is 19.3 Å². The Morgan fingerprint density at radius 3 is 2.45 bits per heavy atom. The Balaban J connectivity index is 2.01. The van der Waals surface area contributed by atoms with Crippen LogP contribution < -0.4 is 0 Å². The van der Waals surface area contributed by atoms with Gasteiger partial charge in [0.2, 0.25) is 0 Å². The van der Waals surface area contributed by atoms with Gasteiger partial charge in [-0.25, -0.2) is 0 Å². The molecule has 0 nitrogen and oxygen atoms in total. The highest BCUT2D eigenvalue weighted by molar-refractivity contribution is 5.18. The molecule has 58 valence electrons. The molecule has 0 heteroatoms. The van der Waals surface area contributed by atoms with Gasteiger partial charge in [-0.05, 0) is 42.9 Å². The molecule has 0 N–H and O–H groups in total. The summed E-state index contributed by atoms with van der Waals surface area (Å²) >= 11 is 0. The smallest absolute Gasteiger partial charge is 0.0134 e. The van der Waals surface area contributed by atoms with E-state index < -0.39 is 0 Å². The fourth-order valence-electron chi connectivity index (χ4n) is 3.15. The number of fused-ring (bicyclic) bond motifs is 1. The van der Waals surface area contributed by atoms with Crippen molar-refractivity contribution in [2.45, 2.75) is 19.3 Å². The molecule has 0 aromatic carbocycles. The normalized spacial score (nSPS) is 51.6. The summed E-state index contributed by atoms with van der Waals surface area (Å²) in [7, 11) is 0. The van der Waals surface area contributed by atoms with Gasteiger partial charge in [0.05, 0.1) is 0 Å². The van der Waals surface area contributed by atoms with Gasteiger partial charge in [-0.3, -0.25) is 0 Å². The zero-order valence-corrected chi connectivity index (χ0v) is 6.74. The fraction of sp³-hybridized carbons (Fsp3) is 0.636. The molecule has 0 aliphatic heterocycles. The monoisotopic (exact) mass is 146 g/mol. The molecule has 2 bridgehead atoms. The third-order valence-electron chi connectivity index (χ3n) is 3.74. The molecule has 0 amide bonds. The van der Waals surface area contributed by atoms with E-state index in [0.717, 1.165) is 23.7 Å². The van der Waals surface area contributed by atoms with Crippen molar-refractivity contribution < 1.29 is 0 Å². The predicted molar refractivity (Wildman–Crippen MR) is 46.1 cm³/mol. The first-order valence-corrected chi connectivity index (χ1v) is 4.80. The molecule has 0 aromatic heterocycles. The molecule has 4 atom stereocenters. The molecule has 4 aliphatic carbocycles. The Hall–Kier alpha value is -0.520. The van der Waals surface area contributed by atoms with Crippen molar-refractivity contribution in [1.82, 2.24) is 0 Å². The summed E-state index contributed by atoms with van der Waals surface area (Å²) in [6, 6.07) is 0. The highest BCUT2D eigenvalue weighted by atomic mass is 14.4. The van der Waals surface area contributed by atoms with E-state index in [-0.39, 0.29) is 0 Å². The van der Waals surface area contributed by atoms with Crippen LogP contribution in [0.3, 0.4) is 0 Å². The minimum atomic E-state index is 0.906. The van der Waals surface area contributed by atoms with Gasteiger partial charge in [-0.1, -0.05) is 24.3 Å². The van der Waals surface area contributed by atoms with Gasteiger partial charge in [-0.15, -0.1) is 0 Å². The molecule has 4 aliphatic rings. The average molecular weight is 146 g/mol. The summed E-state index contributed by atoms with van der Waals surface area (Å²) < 4.78 is 0. The summed E-state index contributed by atoms with van der Waals surface area (Å²) in [6.45, 7) is 0. The second kappa shape index (κ2) is 2.00. The van der Waals surface area contributed by atoms with E-state index in [2.05, 4.69) is 24.3 Å². The van der Waals surface area contributed by atoms with Crippen LogP contribution in [0.5, 0.6) is 0 Å². The van der Waals surface area contributed by atoms with Crippen molar-refractivity contribution in [3.05, 3.63) is 24.3 Å². The van der Waals surface area contributed by atoms with E-state index in [1.54, 1.807) is 0 Å². The van der Waals surface area contributed by atoms with Gasteiger partial charge >= 0.3 is 0 Å². The topological polar surface area (TPSA) is 0 Å². The Morgan fingerprint density at radius 2 is 1.73 bits per heavy atom. The molecular formula is C11H14. The molecule has 0 spiro atoms. The van der Waals surface area contributed by atoms with Crippen LogP contribution in [0.4, 0.5) is 0 Å². The molecule has 0 saturated heterocycles. The average Bonchev–Trinajstić information content (AvgIpc) is 2.55. The highest BCUT2D eigenvalue weighted by Crippen LogP contribution is 2.49. The van der Waals surface area contributed by atoms with Crippen molar-refractivity contribution in [3.63, 3.8) is 0 Å². The third kappa shape index (κ3) is 0.702. The maximum absolute atomic E-state index is 2.47. The summed E-state index contributed by atoms with van der Waals surface area (Å²) in [4.78, 5) is 0. The van der Waals surface area contributed by atoms with Crippen LogP contribution in [-0.4, -0.2) is 0 Å². The predicted octanol–water partition coefficient (Wildman–Crippen LogP) is 2.77. The van der Waals surface area contributed by atoms with Crippen molar-refractivity contribution in [2.24, 2.45) is 23.7 Å². The molecule has 1 fully saturated rings. The first-order chi connectivity index (χ1) is 5.45. The lowest BCUT2D eigenvalue weighted by Crippen LogP contribution is -2.33. The highest BCUT2D eigenvalue weighted by Gasteiger charge is 2.40. The molecule has 0 radical (unpaired) electrons. The van der Waals surface area contributed by atoms with Gasteiger partial charge in [0.15, 0.2) is 0 Å². The van der Waals surface area contributed by atoms with Gasteiger partial charge in [0.25, 0.3) is 0 Å². The standard InChI is InChI=1S/C11H14/c1-2-10-8-4-6-9(7-5-8)11(10)3-1/h1-2,4,6,8-11H,3,5,7H2/t8-,9+,10-,11+/m0/s1. The number of hydrogen-bond donors (Lipinski definition) is 0. The van der Waals surface area contributed by atoms with Crippen LogP contribution >= 0.6 is 0 Å². The first kappa shape index (κ1) is 6.05. The minimum absolute atomic E-state index is 0.906. The van der Waals surface area contributed by atoms with Crippen LogP contribution in [0.1, 0.15) is 19.3 Å². The van der Waals surface area contributed by atoms with Crippen LogP contribution in [0.25, 0.3) is 0 Å². The van der Waals surface area contributed by atoms with Crippen LogP contribution in [0, 0.1) is 23.7 Å². The van der Waals surface area contributed by atoms with Crippen LogP contribution in [-0.2, 0) is 0 Å². The fourth-order valence-corrected chi connectivity index (χ4v) is 3.15. The number of rotatable bonds is 0. The van der Waals surface area contributed by atoms with Gasteiger partial charge in [-0.2, -0.15) is 0 Å². The summed E-state index contributed by atoms with van der Waals surface area (Å²) in [6.07, 6.45) is 14.1. The molecule has 0 unspecified atom stereocenters. The Labute approximate surface area is 68.0 Å². The zero-order chi connectivity index (χ0) is 7.26. The lowest BCUT2D eigenvalue weighted by molar-refractivity contribution is 0.173. The summed E-state index contributed by atoms with van der Waals surface area (Å²) in [5, 5.41) is 0. The number of allylic oxidation sites excluding steroid dienone is 4. The lowest BCUT2D eigenvalue weighted by atomic mass is 9.64. The van der Waals surface area contributed by atoms with E-state index in [0.29, 0.717) is 0 Å². The maximum Gasteiger partial charge on any atom is -0.0134 e. The Kier molecular flexibility index (Phi) is 1.10. The lowest BCUT2D eigenvalue weighted by Gasteiger charge is -2.41. The zero-order valence-electron chi connectivity index (χ0n) is 6.74. The second-order valence-electron chi connectivity index (χ2n) is 4.20. The Bertz CT molecular complexity index is 224. The SMILES string of the molecule is C1=C[C@@H]2[C@H](C1)[C@@H]1C=C[C@H]2CC1. The van der Waals surface area contributed by atoms with Gasteiger partial charge in [0, 0.05) is 0 Å². The van der Waals surface area contributed by atoms with Crippen LogP contribution in [0.15, 0.2) is 24.3 Å². The molecular weight excluding hydrogens is 132 g/mol. The van der Waals surface area contributed by atoms with E-state index in [1.807, 2.05) is 0 Å². The maximum atomic E-state index is 2.47. The van der Waals surface area contributed by atoms with E-state index in [4.69, 9.17) is 0 Å². The summed E-state index contributed by atoms with van der Waals surface area (Å²) in [5.74, 6) is 3.77. The second-order valence-corrected chi connectivity index (χ2v) is 4.20. The van der Waals surface area contributed by atoms with Crippen LogP contribution in [0.2, 0.25) is 0 Å². The van der Waals surface area contributed by atoms with Gasteiger partial charge in [0.1, 0.15) is 0 Å². The first-order valence-electron chi connectivity index (χ1n) is 4.80. The van der Waals surface area contributed by atoms with E-state index in [9.17, 15) is 0 Å². The molecule has 11 heavy (non-hydrogen) atoms. The molecule has 0 heterocycles. The van der Waals surface area contributed by atoms with Gasteiger partial charge < -0.3 is 0 Å². The molecule has 4 rings (SSSR count). The molecule has 1 saturated carbocycles. The largest absolute Gasteiger partial charge is 0.0879 e. The Morgan fingerprint density at radius 1 is 0.909 bits per heavy atom. The van der Waals surface area contributed by atoms with Crippen molar-refractivity contribution in [1.29, 1.82) is 0 Å². The summed E-state index contributed by atoms with van der Waals surface area (Å²) in [5.41, 5.74) is 0. The van der Waals surface area contributed by atoms with Crippen molar-refractivity contribution in [3.8, 4) is 0 Å². The van der Waals surface area contributed by atoms with E-state index >= 15 is 0 Å².